The molecule has 4 rings (SSSR count). The molecule has 0 saturated carbocycles. The van der Waals surface area contributed by atoms with Crippen molar-refractivity contribution in [3.63, 3.8) is 0 Å². The first-order valence-electron chi connectivity index (χ1n) is 9.91. The fourth-order valence-corrected chi connectivity index (χ4v) is 4.90. The maximum Gasteiger partial charge on any atom is 0.161 e. The summed E-state index contributed by atoms with van der Waals surface area (Å²) < 4.78 is 12.6. The molecule has 1 atom stereocenters. The highest BCUT2D eigenvalue weighted by atomic mass is 32.1. The molecule has 0 radical (unpaired) electrons. The smallest absolute Gasteiger partial charge is 0.161 e. The van der Waals surface area contributed by atoms with Crippen molar-refractivity contribution in [2.45, 2.75) is 19.4 Å². The van der Waals surface area contributed by atoms with Crippen LogP contribution in [0.25, 0.3) is 10.2 Å². The van der Waals surface area contributed by atoms with Gasteiger partial charge >= 0.3 is 0 Å². The van der Waals surface area contributed by atoms with E-state index in [2.05, 4.69) is 46.6 Å². The number of fused-ring (bicyclic) bond motifs is 1. The van der Waals surface area contributed by atoms with E-state index >= 15 is 0 Å². The van der Waals surface area contributed by atoms with Crippen LogP contribution in [-0.4, -0.2) is 49.8 Å². The summed E-state index contributed by atoms with van der Waals surface area (Å²) in [6.45, 7) is 6.71. The third-order valence-corrected chi connectivity index (χ3v) is 6.18. The monoisotopic (exact) mass is 397 g/mol. The fraction of sp³-hybridized carbons (Fsp3) is 0.409. The van der Waals surface area contributed by atoms with Gasteiger partial charge in [0.1, 0.15) is 5.01 Å². The van der Waals surface area contributed by atoms with Crippen LogP contribution >= 0.6 is 11.3 Å². The summed E-state index contributed by atoms with van der Waals surface area (Å²) >= 11 is 1.78. The van der Waals surface area contributed by atoms with E-state index in [1.54, 1.807) is 18.4 Å². The second-order valence-electron chi connectivity index (χ2n) is 6.91. The number of hydrogen-bond acceptors (Lipinski definition) is 6. The van der Waals surface area contributed by atoms with E-state index in [9.17, 15) is 0 Å². The second-order valence-corrected chi connectivity index (χ2v) is 7.97. The Morgan fingerprint density at radius 1 is 1.14 bits per heavy atom. The second kappa shape index (κ2) is 8.90. The van der Waals surface area contributed by atoms with Crippen LogP contribution in [0.2, 0.25) is 0 Å². The largest absolute Gasteiger partial charge is 0.493 e. The number of nitrogens with zero attached hydrogens (tertiary/aromatic N) is 2. The number of methoxy groups -OCH3 is 1. The van der Waals surface area contributed by atoms with Crippen molar-refractivity contribution >= 4 is 21.6 Å². The first-order valence-corrected chi connectivity index (χ1v) is 10.7. The molecule has 1 aliphatic heterocycles. The van der Waals surface area contributed by atoms with Crippen LogP contribution in [-0.2, 0) is 0 Å². The highest BCUT2D eigenvalue weighted by Gasteiger charge is 2.27. The molecule has 2 aromatic carbocycles. The topological polar surface area (TPSA) is 46.6 Å². The van der Waals surface area contributed by atoms with Gasteiger partial charge in [0.05, 0.1) is 30.0 Å². The molecule has 0 amide bonds. The van der Waals surface area contributed by atoms with Crippen LogP contribution in [0, 0.1) is 0 Å². The minimum absolute atomic E-state index is 0.113. The lowest BCUT2D eigenvalue weighted by atomic mass is 10.0. The van der Waals surface area contributed by atoms with Gasteiger partial charge in [-0.25, -0.2) is 4.98 Å². The highest BCUT2D eigenvalue weighted by Crippen LogP contribution is 2.38. The Kier molecular flexibility index (Phi) is 6.10. The average molecular weight is 398 g/mol. The van der Waals surface area contributed by atoms with Gasteiger partial charge in [0.2, 0.25) is 0 Å². The Bertz CT molecular complexity index is 886. The van der Waals surface area contributed by atoms with Gasteiger partial charge in [-0.05, 0) is 49.7 Å². The molecule has 148 valence electrons. The zero-order chi connectivity index (χ0) is 19.3. The summed E-state index contributed by atoms with van der Waals surface area (Å²) in [5.41, 5.74) is 2.26. The summed E-state index contributed by atoms with van der Waals surface area (Å²) in [7, 11) is 1.70. The summed E-state index contributed by atoms with van der Waals surface area (Å²) in [6.07, 6.45) is 1.13. The summed E-state index contributed by atoms with van der Waals surface area (Å²) in [5.74, 6) is 1.56. The van der Waals surface area contributed by atoms with Gasteiger partial charge in [0.15, 0.2) is 11.5 Å². The van der Waals surface area contributed by atoms with Crippen LogP contribution in [0.1, 0.15) is 30.0 Å². The third-order valence-electron chi connectivity index (χ3n) is 5.09. The number of ether oxygens (including phenoxy) is 2. The molecule has 1 fully saturated rings. The number of hydrogen-bond donors (Lipinski definition) is 1. The molecule has 3 aromatic rings. The maximum absolute atomic E-state index is 5.72. The fourth-order valence-electron chi connectivity index (χ4n) is 3.77. The van der Waals surface area contributed by atoms with E-state index in [1.807, 2.05) is 13.0 Å². The molecule has 2 heterocycles. The zero-order valence-corrected chi connectivity index (χ0v) is 17.3. The number of para-hydroxylation sites is 1. The SMILES string of the molecule is CCOc1ccc(C(c2nc3ccccc3s2)N2CCCNCC2)cc1OC. The molecular weight excluding hydrogens is 370 g/mol. The first kappa shape index (κ1) is 19.2. The molecule has 5 nitrogen and oxygen atoms in total. The van der Waals surface area contributed by atoms with Gasteiger partial charge in [-0.15, -0.1) is 11.3 Å². The average Bonchev–Trinajstić information content (AvgIpc) is 2.96. The van der Waals surface area contributed by atoms with E-state index in [1.165, 1.54) is 10.3 Å². The van der Waals surface area contributed by atoms with Crippen molar-refractivity contribution in [2.75, 3.05) is 39.9 Å². The van der Waals surface area contributed by atoms with Crippen molar-refractivity contribution in [1.82, 2.24) is 15.2 Å². The van der Waals surface area contributed by atoms with Gasteiger partial charge < -0.3 is 14.8 Å². The number of benzene rings is 2. The number of aromatic nitrogens is 1. The molecule has 1 N–H and O–H groups in total. The minimum Gasteiger partial charge on any atom is -0.493 e. The maximum atomic E-state index is 5.72. The lowest BCUT2D eigenvalue weighted by Crippen LogP contribution is -2.33. The molecule has 1 unspecified atom stereocenters. The molecule has 1 aromatic heterocycles. The number of nitrogens with one attached hydrogen (secondary N) is 1. The standard InChI is InChI=1S/C22H27N3O2S/c1-3-27-18-10-9-16(15-19(18)26-2)21(25-13-6-11-23-12-14-25)22-24-17-7-4-5-8-20(17)28-22/h4-5,7-10,15,21,23H,3,6,11-14H2,1-2H3. The molecule has 0 spiro atoms. The van der Waals surface area contributed by atoms with E-state index in [0.717, 1.165) is 54.6 Å². The number of thiazole rings is 1. The quantitative estimate of drug-likeness (QED) is 0.679. The van der Waals surface area contributed by atoms with Gasteiger partial charge in [-0.3, -0.25) is 4.90 Å². The Balaban J connectivity index is 1.78. The Labute approximate surface area is 170 Å². The van der Waals surface area contributed by atoms with E-state index in [0.29, 0.717) is 6.61 Å². The van der Waals surface area contributed by atoms with E-state index in [4.69, 9.17) is 14.5 Å². The van der Waals surface area contributed by atoms with Crippen LogP contribution in [0.15, 0.2) is 42.5 Å². The third kappa shape index (κ3) is 3.99. The van der Waals surface area contributed by atoms with Gasteiger partial charge in [0, 0.05) is 19.6 Å². The van der Waals surface area contributed by atoms with Crippen LogP contribution < -0.4 is 14.8 Å². The van der Waals surface area contributed by atoms with Crippen molar-refractivity contribution in [1.29, 1.82) is 0 Å². The Morgan fingerprint density at radius 2 is 2.04 bits per heavy atom. The summed E-state index contributed by atoms with van der Waals surface area (Å²) in [4.78, 5) is 7.53. The van der Waals surface area contributed by atoms with E-state index < -0.39 is 0 Å². The normalized spacial score (nSPS) is 16.6. The summed E-state index contributed by atoms with van der Waals surface area (Å²) in [5, 5.41) is 4.64. The van der Waals surface area contributed by atoms with Crippen LogP contribution in [0.4, 0.5) is 0 Å². The van der Waals surface area contributed by atoms with E-state index in [-0.39, 0.29) is 6.04 Å². The first-order chi connectivity index (χ1) is 13.8. The van der Waals surface area contributed by atoms with Gasteiger partial charge in [-0.2, -0.15) is 0 Å². The van der Waals surface area contributed by atoms with Crippen molar-refractivity contribution < 1.29 is 9.47 Å². The van der Waals surface area contributed by atoms with Gasteiger partial charge in [-0.1, -0.05) is 18.2 Å². The van der Waals surface area contributed by atoms with Crippen LogP contribution in [0.3, 0.4) is 0 Å². The molecule has 28 heavy (non-hydrogen) atoms. The lowest BCUT2D eigenvalue weighted by Gasteiger charge is -2.29. The number of rotatable bonds is 6. The highest BCUT2D eigenvalue weighted by molar-refractivity contribution is 7.18. The predicted molar refractivity (Wildman–Crippen MR) is 115 cm³/mol. The lowest BCUT2D eigenvalue weighted by molar-refractivity contribution is 0.240. The van der Waals surface area contributed by atoms with Crippen LogP contribution in [0.5, 0.6) is 11.5 Å². The Morgan fingerprint density at radius 3 is 2.86 bits per heavy atom. The predicted octanol–water partition coefficient (Wildman–Crippen LogP) is 4.09. The molecule has 0 aliphatic carbocycles. The van der Waals surface area contributed by atoms with Crippen molar-refractivity contribution in [3.05, 3.63) is 53.0 Å². The van der Waals surface area contributed by atoms with Crippen molar-refractivity contribution in [2.24, 2.45) is 0 Å². The minimum atomic E-state index is 0.113. The Hall–Kier alpha value is -2.15. The molecule has 0 bridgehead atoms. The van der Waals surface area contributed by atoms with Gasteiger partial charge in [0.25, 0.3) is 0 Å². The molecular formula is C22H27N3O2S. The molecule has 1 aliphatic rings. The molecule has 6 heteroatoms. The zero-order valence-electron chi connectivity index (χ0n) is 16.5. The van der Waals surface area contributed by atoms with Crippen molar-refractivity contribution in [3.8, 4) is 11.5 Å². The summed E-state index contributed by atoms with van der Waals surface area (Å²) in [6, 6.07) is 14.8. The molecule has 1 saturated heterocycles.